The summed E-state index contributed by atoms with van der Waals surface area (Å²) in [4.78, 5) is 7.04. The number of nitrogens with zero attached hydrogens (tertiary/aromatic N) is 2. The van der Waals surface area contributed by atoms with Crippen LogP contribution in [0.25, 0.3) is 10.9 Å². The van der Waals surface area contributed by atoms with E-state index >= 15 is 0 Å². The maximum absolute atomic E-state index is 5.74. The zero-order chi connectivity index (χ0) is 13.2. The van der Waals surface area contributed by atoms with Crippen molar-refractivity contribution in [3.05, 3.63) is 41.6 Å². The molecular formula is C16H21N3. The smallest absolute Gasteiger partial charge is 0.0705 e. The molecule has 1 unspecified atom stereocenters. The zero-order valence-corrected chi connectivity index (χ0v) is 11.5. The standard InChI is InChI=1S/C16H21N3/c1-12-2-4-15-8-13(3-5-16(15)18-12)10-19-7-6-14(9-17)11-19/h2-5,8,14H,6-7,9-11,17H2,1H3. The van der Waals surface area contributed by atoms with Crippen molar-refractivity contribution < 1.29 is 0 Å². The molecule has 100 valence electrons. The Balaban J connectivity index is 1.77. The lowest BCUT2D eigenvalue weighted by Gasteiger charge is -2.16. The first-order valence-electron chi connectivity index (χ1n) is 7.03. The van der Waals surface area contributed by atoms with Crippen LogP contribution in [0.5, 0.6) is 0 Å². The Hall–Kier alpha value is -1.45. The Labute approximate surface area is 114 Å². The van der Waals surface area contributed by atoms with Crippen LogP contribution in [-0.2, 0) is 6.54 Å². The fourth-order valence-corrected chi connectivity index (χ4v) is 2.88. The van der Waals surface area contributed by atoms with Crippen molar-refractivity contribution in [3.8, 4) is 0 Å². The molecule has 1 aromatic carbocycles. The van der Waals surface area contributed by atoms with E-state index < -0.39 is 0 Å². The number of benzene rings is 1. The van der Waals surface area contributed by atoms with Crippen molar-refractivity contribution in [2.75, 3.05) is 19.6 Å². The van der Waals surface area contributed by atoms with E-state index in [2.05, 4.69) is 40.2 Å². The molecule has 2 N–H and O–H groups in total. The Bertz CT molecular complexity index is 579. The molecule has 2 aromatic rings. The zero-order valence-electron chi connectivity index (χ0n) is 11.5. The number of pyridine rings is 1. The highest BCUT2D eigenvalue weighted by Gasteiger charge is 2.20. The van der Waals surface area contributed by atoms with Gasteiger partial charge < -0.3 is 5.73 Å². The van der Waals surface area contributed by atoms with Gasteiger partial charge in [0, 0.05) is 24.2 Å². The molecule has 2 heterocycles. The quantitative estimate of drug-likeness (QED) is 0.915. The summed E-state index contributed by atoms with van der Waals surface area (Å²) in [7, 11) is 0. The van der Waals surface area contributed by atoms with Gasteiger partial charge in [0.25, 0.3) is 0 Å². The summed E-state index contributed by atoms with van der Waals surface area (Å²) in [6.45, 7) is 6.19. The van der Waals surface area contributed by atoms with Gasteiger partial charge in [0.05, 0.1) is 5.52 Å². The fraction of sp³-hybridized carbons (Fsp3) is 0.438. The predicted molar refractivity (Wildman–Crippen MR) is 78.9 cm³/mol. The predicted octanol–water partition coefficient (Wildman–Crippen LogP) is 2.32. The van der Waals surface area contributed by atoms with Gasteiger partial charge in [-0.15, -0.1) is 0 Å². The molecule has 0 bridgehead atoms. The van der Waals surface area contributed by atoms with Crippen LogP contribution >= 0.6 is 0 Å². The number of hydrogen-bond donors (Lipinski definition) is 1. The lowest BCUT2D eigenvalue weighted by Crippen LogP contribution is -2.22. The van der Waals surface area contributed by atoms with Crippen LogP contribution in [0.15, 0.2) is 30.3 Å². The molecular weight excluding hydrogens is 234 g/mol. The highest BCUT2D eigenvalue weighted by atomic mass is 15.1. The van der Waals surface area contributed by atoms with Gasteiger partial charge in [0.2, 0.25) is 0 Å². The maximum Gasteiger partial charge on any atom is 0.0705 e. The summed E-state index contributed by atoms with van der Waals surface area (Å²) in [5.74, 6) is 0.685. The normalized spacial score (nSPS) is 20.2. The number of fused-ring (bicyclic) bond motifs is 1. The number of nitrogens with two attached hydrogens (primary N) is 1. The molecule has 0 saturated carbocycles. The van der Waals surface area contributed by atoms with Crippen molar-refractivity contribution in [1.29, 1.82) is 0 Å². The van der Waals surface area contributed by atoms with Crippen molar-refractivity contribution >= 4 is 10.9 Å². The summed E-state index contributed by atoms with van der Waals surface area (Å²) in [6, 6.07) is 10.8. The average Bonchev–Trinajstić information content (AvgIpc) is 2.86. The molecule has 1 fully saturated rings. The Morgan fingerprint density at radius 3 is 3.00 bits per heavy atom. The second kappa shape index (κ2) is 5.27. The third kappa shape index (κ3) is 2.77. The van der Waals surface area contributed by atoms with E-state index in [0.717, 1.165) is 30.8 Å². The number of likely N-dealkylation sites (tertiary alicyclic amines) is 1. The number of aryl methyl sites for hydroxylation is 1. The van der Waals surface area contributed by atoms with E-state index in [9.17, 15) is 0 Å². The molecule has 1 atom stereocenters. The second-order valence-electron chi connectivity index (χ2n) is 5.61. The first kappa shape index (κ1) is 12.6. The Morgan fingerprint density at radius 1 is 1.32 bits per heavy atom. The van der Waals surface area contributed by atoms with Crippen molar-refractivity contribution in [2.24, 2.45) is 11.7 Å². The number of rotatable bonds is 3. The van der Waals surface area contributed by atoms with Gasteiger partial charge in [-0.25, -0.2) is 0 Å². The van der Waals surface area contributed by atoms with Crippen molar-refractivity contribution in [2.45, 2.75) is 19.9 Å². The summed E-state index contributed by atoms with van der Waals surface area (Å²) in [5, 5.41) is 1.23. The minimum Gasteiger partial charge on any atom is -0.330 e. The monoisotopic (exact) mass is 255 g/mol. The third-order valence-corrected chi connectivity index (χ3v) is 4.00. The molecule has 3 nitrogen and oxygen atoms in total. The topological polar surface area (TPSA) is 42.1 Å². The number of hydrogen-bond acceptors (Lipinski definition) is 3. The largest absolute Gasteiger partial charge is 0.330 e. The van der Waals surface area contributed by atoms with Gasteiger partial charge in [-0.05, 0) is 56.1 Å². The Kier molecular flexibility index (Phi) is 3.49. The highest BCUT2D eigenvalue weighted by Crippen LogP contribution is 2.20. The van der Waals surface area contributed by atoms with Crippen LogP contribution in [0.4, 0.5) is 0 Å². The van der Waals surface area contributed by atoms with E-state index in [0.29, 0.717) is 5.92 Å². The molecule has 0 aliphatic carbocycles. The van der Waals surface area contributed by atoms with Gasteiger partial charge in [-0.1, -0.05) is 12.1 Å². The van der Waals surface area contributed by atoms with E-state index in [1.54, 1.807) is 0 Å². The molecule has 1 aromatic heterocycles. The first-order chi connectivity index (χ1) is 9.24. The van der Waals surface area contributed by atoms with Crippen LogP contribution in [-0.4, -0.2) is 29.5 Å². The van der Waals surface area contributed by atoms with Crippen LogP contribution in [0.2, 0.25) is 0 Å². The molecule has 0 amide bonds. The SMILES string of the molecule is Cc1ccc2cc(CN3CCC(CN)C3)ccc2n1. The van der Waals surface area contributed by atoms with E-state index in [1.807, 2.05) is 6.92 Å². The molecule has 1 aliphatic heterocycles. The number of aromatic nitrogens is 1. The summed E-state index contributed by atoms with van der Waals surface area (Å²) >= 11 is 0. The van der Waals surface area contributed by atoms with Gasteiger partial charge >= 0.3 is 0 Å². The molecule has 1 saturated heterocycles. The molecule has 1 aliphatic rings. The highest BCUT2D eigenvalue weighted by molar-refractivity contribution is 5.79. The lowest BCUT2D eigenvalue weighted by molar-refractivity contribution is 0.318. The third-order valence-electron chi connectivity index (χ3n) is 4.00. The average molecular weight is 255 g/mol. The summed E-state index contributed by atoms with van der Waals surface area (Å²) in [6.07, 6.45) is 1.24. The van der Waals surface area contributed by atoms with Crippen molar-refractivity contribution in [1.82, 2.24) is 9.88 Å². The van der Waals surface area contributed by atoms with Crippen LogP contribution in [0.3, 0.4) is 0 Å². The summed E-state index contributed by atoms with van der Waals surface area (Å²) in [5.41, 5.74) is 9.28. The lowest BCUT2D eigenvalue weighted by atomic mass is 10.1. The van der Waals surface area contributed by atoms with Crippen LogP contribution in [0.1, 0.15) is 17.7 Å². The molecule has 0 spiro atoms. The van der Waals surface area contributed by atoms with Gasteiger partial charge in [-0.3, -0.25) is 9.88 Å². The van der Waals surface area contributed by atoms with Gasteiger partial charge in [-0.2, -0.15) is 0 Å². The minimum atomic E-state index is 0.685. The minimum absolute atomic E-state index is 0.685. The molecule has 3 heteroatoms. The van der Waals surface area contributed by atoms with Crippen molar-refractivity contribution in [3.63, 3.8) is 0 Å². The Morgan fingerprint density at radius 2 is 2.21 bits per heavy atom. The van der Waals surface area contributed by atoms with Crippen LogP contribution in [0, 0.1) is 12.8 Å². The van der Waals surface area contributed by atoms with Gasteiger partial charge in [0.1, 0.15) is 0 Å². The molecule has 3 rings (SSSR count). The summed E-state index contributed by atoms with van der Waals surface area (Å²) < 4.78 is 0. The van der Waals surface area contributed by atoms with Crippen LogP contribution < -0.4 is 5.73 Å². The molecule has 19 heavy (non-hydrogen) atoms. The van der Waals surface area contributed by atoms with E-state index in [1.165, 1.54) is 23.9 Å². The maximum atomic E-state index is 5.74. The van der Waals surface area contributed by atoms with Gasteiger partial charge in [0.15, 0.2) is 0 Å². The fourth-order valence-electron chi connectivity index (χ4n) is 2.88. The molecule has 0 radical (unpaired) electrons. The van der Waals surface area contributed by atoms with E-state index in [-0.39, 0.29) is 0 Å². The second-order valence-corrected chi connectivity index (χ2v) is 5.61. The first-order valence-corrected chi connectivity index (χ1v) is 7.03. The van der Waals surface area contributed by atoms with E-state index in [4.69, 9.17) is 5.73 Å².